The number of hydrogen-bond donors (Lipinski definition) is 1. The topological polar surface area (TPSA) is 48.7 Å². The number of anilines is 1. The van der Waals surface area contributed by atoms with Crippen LogP contribution in [0.2, 0.25) is 0 Å². The zero-order valence-corrected chi connectivity index (χ0v) is 9.09. The molecule has 0 aromatic carbocycles. The summed E-state index contributed by atoms with van der Waals surface area (Å²) in [5.41, 5.74) is 1.02. The molecule has 1 N–H and O–H groups in total. The first-order chi connectivity index (χ1) is 8.01. The van der Waals surface area contributed by atoms with Gasteiger partial charge in [0.15, 0.2) is 0 Å². The average Bonchev–Trinajstić information content (AvgIpc) is 2.28. The molecule has 1 aromatic heterocycles. The second-order valence-electron chi connectivity index (χ2n) is 3.54. The highest BCUT2D eigenvalue weighted by Gasteiger charge is 2.25. The SMILES string of the molecule is N#Cc1ccc(NCCCCC(F)(F)F)cn1. The molecule has 17 heavy (non-hydrogen) atoms. The lowest BCUT2D eigenvalue weighted by atomic mass is 10.2. The van der Waals surface area contributed by atoms with E-state index in [1.54, 1.807) is 12.1 Å². The first-order valence-corrected chi connectivity index (χ1v) is 5.18. The molecule has 1 aromatic rings. The minimum absolute atomic E-state index is 0.111. The Balaban J connectivity index is 2.20. The third kappa shape index (κ3) is 5.76. The number of aromatic nitrogens is 1. The number of halogens is 3. The molecular formula is C11H12F3N3. The van der Waals surface area contributed by atoms with Crippen LogP contribution in [0.15, 0.2) is 18.3 Å². The lowest BCUT2D eigenvalue weighted by Crippen LogP contribution is -2.08. The maximum absolute atomic E-state index is 11.8. The second-order valence-corrected chi connectivity index (χ2v) is 3.54. The second kappa shape index (κ2) is 6.09. The van der Waals surface area contributed by atoms with Crippen molar-refractivity contribution in [3.8, 4) is 6.07 Å². The van der Waals surface area contributed by atoms with E-state index in [2.05, 4.69) is 10.3 Å². The Labute approximate surface area is 97.3 Å². The van der Waals surface area contributed by atoms with Gasteiger partial charge in [-0.2, -0.15) is 18.4 Å². The molecule has 0 atom stereocenters. The normalized spacial score (nSPS) is 10.9. The highest BCUT2D eigenvalue weighted by atomic mass is 19.4. The van der Waals surface area contributed by atoms with Gasteiger partial charge in [0.05, 0.1) is 11.9 Å². The van der Waals surface area contributed by atoms with Gasteiger partial charge in [0.1, 0.15) is 11.8 Å². The molecule has 0 unspecified atom stereocenters. The van der Waals surface area contributed by atoms with E-state index in [0.29, 0.717) is 24.3 Å². The fourth-order valence-corrected chi connectivity index (χ4v) is 1.25. The van der Waals surface area contributed by atoms with E-state index < -0.39 is 12.6 Å². The highest BCUT2D eigenvalue weighted by molar-refractivity contribution is 5.42. The minimum Gasteiger partial charge on any atom is -0.384 e. The van der Waals surface area contributed by atoms with Crippen LogP contribution in [0.5, 0.6) is 0 Å². The van der Waals surface area contributed by atoms with Crippen LogP contribution in [-0.2, 0) is 0 Å². The van der Waals surface area contributed by atoms with Crippen molar-refractivity contribution >= 4 is 5.69 Å². The predicted octanol–water partition coefficient (Wildman–Crippen LogP) is 3.10. The van der Waals surface area contributed by atoms with Gasteiger partial charge in [0.2, 0.25) is 0 Å². The molecule has 0 saturated heterocycles. The average molecular weight is 243 g/mol. The summed E-state index contributed by atoms with van der Waals surface area (Å²) in [5.74, 6) is 0. The van der Waals surface area contributed by atoms with Crippen LogP contribution >= 0.6 is 0 Å². The van der Waals surface area contributed by atoms with Crippen molar-refractivity contribution in [2.75, 3.05) is 11.9 Å². The molecule has 1 heterocycles. The van der Waals surface area contributed by atoms with Crippen LogP contribution in [0, 0.1) is 11.3 Å². The standard InChI is InChI=1S/C11H12F3N3/c12-11(13,14)5-1-2-6-16-10-4-3-9(7-15)17-8-10/h3-4,8,16H,1-2,5-6H2. The van der Waals surface area contributed by atoms with Gasteiger partial charge in [-0.15, -0.1) is 0 Å². The summed E-state index contributed by atoms with van der Waals surface area (Å²) in [6.07, 6.45) is -2.78. The molecule has 0 fully saturated rings. The van der Waals surface area contributed by atoms with Crippen molar-refractivity contribution in [3.63, 3.8) is 0 Å². The van der Waals surface area contributed by atoms with Gasteiger partial charge in [-0.25, -0.2) is 4.98 Å². The number of hydrogen-bond acceptors (Lipinski definition) is 3. The third-order valence-electron chi connectivity index (χ3n) is 2.09. The molecule has 0 bridgehead atoms. The molecule has 6 heteroatoms. The maximum atomic E-state index is 11.8. The smallest absolute Gasteiger partial charge is 0.384 e. The zero-order valence-electron chi connectivity index (χ0n) is 9.09. The van der Waals surface area contributed by atoms with Crippen molar-refractivity contribution in [2.45, 2.75) is 25.4 Å². The summed E-state index contributed by atoms with van der Waals surface area (Å²) in [4.78, 5) is 3.83. The van der Waals surface area contributed by atoms with Crippen LogP contribution in [0.4, 0.5) is 18.9 Å². The van der Waals surface area contributed by atoms with E-state index in [0.717, 1.165) is 0 Å². The molecule has 0 radical (unpaired) electrons. The van der Waals surface area contributed by atoms with Crippen molar-refractivity contribution in [3.05, 3.63) is 24.0 Å². The fraction of sp³-hybridized carbons (Fsp3) is 0.455. The van der Waals surface area contributed by atoms with Gasteiger partial charge in [-0.1, -0.05) is 0 Å². The van der Waals surface area contributed by atoms with Gasteiger partial charge < -0.3 is 5.32 Å². The largest absolute Gasteiger partial charge is 0.389 e. The third-order valence-corrected chi connectivity index (χ3v) is 2.09. The van der Waals surface area contributed by atoms with E-state index >= 15 is 0 Å². The number of rotatable bonds is 5. The number of alkyl halides is 3. The molecular weight excluding hydrogens is 231 g/mol. The van der Waals surface area contributed by atoms with Gasteiger partial charge in [-0.3, -0.25) is 0 Å². The van der Waals surface area contributed by atoms with Crippen LogP contribution in [-0.4, -0.2) is 17.7 Å². The van der Waals surface area contributed by atoms with Crippen molar-refractivity contribution < 1.29 is 13.2 Å². The Morgan fingerprint density at radius 2 is 2.06 bits per heavy atom. The van der Waals surface area contributed by atoms with Gasteiger partial charge in [0.25, 0.3) is 0 Å². The summed E-state index contributed by atoms with van der Waals surface area (Å²) >= 11 is 0. The molecule has 0 aliphatic heterocycles. The molecule has 1 rings (SSSR count). The first kappa shape index (κ1) is 13.3. The molecule has 0 aliphatic carbocycles. The summed E-state index contributed by atoms with van der Waals surface area (Å²) in [6, 6.07) is 5.11. The molecule has 0 spiro atoms. The monoisotopic (exact) mass is 243 g/mol. The number of nitriles is 1. The van der Waals surface area contributed by atoms with Gasteiger partial charge in [0, 0.05) is 13.0 Å². The van der Waals surface area contributed by atoms with Crippen LogP contribution < -0.4 is 5.32 Å². The van der Waals surface area contributed by atoms with Crippen molar-refractivity contribution in [1.82, 2.24) is 4.98 Å². The molecule has 0 amide bonds. The van der Waals surface area contributed by atoms with Crippen LogP contribution in [0.1, 0.15) is 25.0 Å². The van der Waals surface area contributed by atoms with E-state index in [-0.39, 0.29) is 6.42 Å². The predicted molar refractivity (Wildman–Crippen MR) is 57.3 cm³/mol. The first-order valence-electron chi connectivity index (χ1n) is 5.18. The van der Waals surface area contributed by atoms with E-state index in [4.69, 9.17) is 5.26 Å². The van der Waals surface area contributed by atoms with Crippen molar-refractivity contribution in [1.29, 1.82) is 5.26 Å². The van der Waals surface area contributed by atoms with Crippen LogP contribution in [0.3, 0.4) is 0 Å². The molecule has 3 nitrogen and oxygen atoms in total. The summed E-state index contributed by atoms with van der Waals surface area (Å²) in [5, 5.41) is 11.5. The minimum atomic E-state index is -4.07. The lowest BCUT2D eigenvalue weighted by molar-refractivity contribution is -0.135. The summed E-state index contributed by atoms with van der Waals surface area (Å²) in [6.45, 7) is 0.462. The Kier molecular flexibility index (Phi) is 4.76. The fourth-order valence-electron chi connectivity index (χ4n) is 1.25. The van der Waals surface area contributed by atoms with Gasteiger partial charge >= 0.3 is 6.18 Å². The van der Waals surface area contributed by atoms with E-state index in [9.17, 15) is 13.2 Å². The molecule has 92 valence electrons. The summed E-state index contributed by atoms with van der Waals surface area (Å²) < 4.78 is 35.5. The Hall–Kier alpha value is -1.77. The lowest BCUT2D eigenvalue weighted by Gasteiger charge is -2.07. The molecule has 0 aliphatic rings. The summed E-state index contributed by atoms with van der Waals surface area (Å²) in [7, 11) is 0. The zero-order chi connectivity index (χ0) is 12.7. The quantitative estimate of drug-likeness (QED) is 0.808. The van der Waals surface area contributed by atoms with E-state index in [1.165, 1.54) is 6.20 Å². The number of nitrogens with one attached hydrogen (secondary N) is 1. The number of unbranched alkanes of at least 4 members (excludes halogenated alkanes) is 1. The van der Waals surface area contributed by atoms with E-state index in [1.807, 2.05) is 6.07 Å². The maximum Gasteiger partial charge on any atom is 0.389 e. The van der Waals surface area contributed by atoms with Crippen LogP contribution in [0.25, 0.3) is 0 Å². The number of pyridine rings is 1. The Bertz CT molecular complexity index is 378. The molecule has 0 saturated carbocycles. The number of nitrogens with zero attached hydrogens (tertiary/aromatic N) is 2. The highest BCUT2D eigenvalue weighted by Crippen LogP contribution is 2.22. The Morgan fingerprint density at radius 3 is 2.59 bits per heavy atom. The van der Waals surface area contributed by atoms with Crippen molar-refractivity contribution in [2.24, 2.45) is 0 Å². The van der Waals surface area contributed by atoms with Gasteiger partial charge in [-0.05, 0) is 25.0 Å². The Morgan fingerprint density at radius 1 is 1.29 bits per heavy atom.